The average Bonchev–Trinajstić information content (AvgIpc) is 3.14. The van der Waals surface area contributed by atoms with Crippen LogP contribution in [0.25, 0.3) is 11.3 Å². The summed E-state index contributed by atoms with van der Waals surface area (Å²) < 4.78 is 0.982. The van der Waals surface area contributed by atoms with Gasteiger partial charge < -0.3 is 11.1 Å². The Kier molecular flexibility index (Phi) is 4.94. The van der Waals surface area contributed by atoms with Crippen molar-refractivity contribution in [3.63, 3.8) is 0 Å². The van der Waals surface area contributed by atoms with E-state index >= 15 is 0 Å². The molecule has 3 aromatic rings. The van der Waals surface area contributed by atoms with E-state index in [1.807, 2.05) is 29.6 Å². The fourth-order valence-corrected chi connectivity index (χ4v) is 3.46. The van der Waals surface area contributed by atoms with Crippen molar-refractivity contribution in [2.24, 2.45) is 0 Å². The van der Waals surface area contributed by atoms with Crippen molar-refractivity contribution in [3.05, 3.63) is 34.1 Å². The predicted molar refractivity (Wildman–Crippen MR) is 95.4 cm³/mol. The van der Waals surface area contributed by atoms with Crippen molar-refractivity contribution in [1.29, 1.82) is 0 Å². The Labute approximate surface area is 148 Å². The first-order chi connectivity index (χ1) is 11.1. The molecule has 1 aromatic carbocycles. The summed E-state index contributed by atoms with van der Waals surface area (Å²) >= 11 is 6.01. The van der Waals surface area contributed by atoms with E-state index in [1.54, 1.807) is 0 Å². The lowest BCUT2D eigenvalue weighted by Crippen LogP contribution is -2.13. The molecule has 2 heterocycles. The first-order valence-corrected chi connectivity index (χ1v) is 9.08. The van der Waals surface area contributed by atoms with E-state index in [2.05, 4.69) is 41.4 Å². The highest BCUT2D eigenvalue weighted by Crippen LogP contribution is 2.27. The van der Waals surface area contributed by atoms with Gasteiger partial charge in [-0.15, -0.1) is 16.4 Å². The first-order valence-electron chi connectivity index (χ1n) is 6.42. The van der Waals surface area contributed by atoms with E-state index in [-0.39, 0.29) is 17.6 Å². The minimum Gasteiger partial charge on any atom is -0.368 e. The van der Waals surface area contributed by atoms with Gasteiger partial charge in [-0.25, -0.2) is 10.1 Å². The summed E-state index contributed by atoms with van der Waals surface area (Å²) in [5.41, 5.74) is 7.23. The molecule has 0 aliphatic heterocycles. The van der Waals surface area contributed by atoms with Crippen molar-refractivity contribution in [1.82, 2.24) is 20.2 Å². The summed E-state index contributed by atoms with van der Waals surface area (Å²) in [6.45, 7) is 0. The summed E-state index contributed by atoms with van der Waals surface area (Å²) in [4.78, 5) is 20.3. The first kappa shape index (κ1) is 16.0. The topological polar surface area (TPSA) is 110 Å². The van der Waals surface area contributed by atoms with Crippen LogP contribution in [0.4, 0.5) is 11.1 Å². The molecule has 0 saturated heterocycles. The van der Waals surface area contributed by atoms with E-state index in [1.165, 1.54) is 23.1 Å². The van der Waals surface area contributed by atoms with Crippen molar-refractivity contribution < 1.29 is 4.79 Å². The van der Waals surface area contributed by atoms with Gasteiger partial charge in [-0.2, -0.15) is 4.98 Å². The maximum Gasteiger partial charge on any atom is 0.236 e. The molecule has 0 fully saturated rings. The Morgan fingerprint density at radius 3 is 3.04 bits per heavy atom. The number of aromatic nitrogens is 4. The van der Waals surface area contributed by atoms with Crippen LogP contribution in [0.1, 0.15) is 0 Å². The number of carbonyl (C=O) groups is 1. The van der Waals surface area contributed by atoms with E-state index in [0.29, 0.717) is 10.3 Å². The quantitative estimate of drug-likeness (QED) is 0.557. The number of nitrogen functional groups attached to an aromatic ring is 1. The number of hydrogen-bond donors (Lipinski definition) is 3. The number of nitrogens with zero attached hydrogens (tertiary/aromatic N) is 3. The van der Waals surface area contributed by atoms with Crippen LogP contribution in [0.15, 0.2) is 39.3 Å². The number of anilines is 2. The SMILES string of the molecule is Nc1nc(SCC(=O)Nc2nc(-c3cccc(Br)c3)cs2)n[nH]1. The number of benzene rings is 1. The van der Waals surface area contributed by atoms with Crippen LogP contribution >= 0.6 is 39.0 Å². The van der Waals surface area contributed by atoms with Crippen molar-refractivity contribution in [2.45, 2.75) is 5.16 Å². The third-order valence-electron chi connectivity index (χ3n) is 2.69. The van der Waals surface area contributed by atoms with Gasteiger partial charge >= 0.3 is 0 Å². The molecular formula is C13H11BrN6OS2. The molecule has 0 bridgehead atoms. The number of nitrogens with two attached hydrogens (primary N) is 1. The summed E-state index contributed by atoms with van der Waals surface area (Å²) in [6.07, 6.45) is 0. The van der Waals surface area contributed by atoms with Gasteiger partial charge in [0.1, 0.15) is 0 Å². The third kappa shape index (κ3) is 4.30. The van der Waals surface area contributed by atoms with Crippen LogP contribution in [0.2, 0.25) is 0 Å². The molecule has 7 nitrogen and oxygen atoms in total. The number of halogens is 1. The Hall–Kier alpha value is -1.91. The van der Waals surface area contributed by atoms with Crippen LogP contribution in [-0.4, -0.2) is 31.8 Å². The lowest BCUT2D eigenvalue weighted by Gasteiger charge is -2.00. The van der Waals surface area contributed by atoms with Gasteiger partial charge in [0.05, 0.1) is 11.4 Å². The highest BCUT2D eigenvalue weighted by Gasteiger charge is 2.10. The average molecular weight is 411 g/mol. The number of H-pyrrole nitrogens is 1. The number of carbonyl (C=O) groups excluding carboxylic acids is 1. The van der Waals surface area contributed by atoms with Crippen molar-refractivity contribution in [2.75, 3.05) is 16.8 Å². The zero-order valence-corrected chi connectivity index (χ0v) is 14.8. The van der Waals surface area contributed by atoms with Gasteiger partial charge in [-0.05, 0) is 12.1 Å². The monoisotopic (exact) mass is 410 g/mol. The molecule has 23 heavy (non-hydrogen) atoms. The molecule has 0 unspecified atom stereocenters. The minimum absolute atomic E-state index is 0.173. The summed E-state index contributed by atoms with van der Waals surface area (Å²) in [5, 5.41) is 12.0. The van der Waals surface area contributed by atoms with Crippen LogP contribution < -0.4 is 11.1 Å². The van der Waals surface area contributed by atoms with Crippen LogP contribution in [0.3, 0.4) is 0 Å². The van der Waals surface area contributed by atoms with E-state index in [9.17, 15) is 4.79 Å². The molecule has 118 valence electrons. The van der Waals surface area contributed by atoms with Crippen molar-refractivity contribution in [3.8, 4) is 11.3 Å². The van der Waals surface area contributed by atoms with Crippen LogP contribution in [0, 0.1) is 0 Å². The van der Waals surface area contributed by atoms with E-state index in [0.717, 1.165) is 15.7 Å². The lowest BCUT2D eigenvalue weighted by molar-refractivity contribution is -0.113. The molecule has 3 rings (SSSR count). The number of nitrogens with one attached hydrogen (secondary N) is 2. The predicted octanol–water partition coefficient (Wildman–Crippen LogP) is 3.00. The van der Waals surface area contributed by atoms with Gasteiger partial charge in [0.25, 0.3) is 0 Å². The molecule has 1 amide bonds. The Bertz CT molecular complexity index is 833. The number of aromatic amines is 1. The van der Waals surface area contributed by atoms with E-state index in [4.69, 9.17) is 5.73 Å². The smallest absolute Gasteiger partial charge is 0.236 e. The molecule has 0 aliphatic carbocycles. The Morgan fingerprint density at radius 1 is 1.43 bits per heavy atom. The normalized spacial score (nSPS) is 10.7. The molecule has 2 aromatic heterocycles. The van der Waals surface area contributed by atoms with Gasteiger partial charge in [0, 0.05) is 15.4 Å². The maximum atomic E-state index is 11.9. The second kappa shape index (κ2) is 7.11. The van der Waals surface area contributed by atoms with Crippen LogP contribution in [-0.2, 0) is 4.79 Å². The molecule has 0 radical (unpaired) electrons. The number of rotatable bonds is 5. The minimum atomic E-state index is -0.173. The van der Waals surface area contributed by atoms with Gasteiger partial charge in [0.2, 0.25) is 17.0 Å². The number of amides is 1. The zero-order valence-electron chi connectivity index (χ0n) is 11.6. The second-order valence-electron chi connectivity index (χ2n) is 4.39. The largest absolute Gasteiger partial charge is 0.368 e. The maximum absolute atomic E-state index is 11.9. The molecule has 10 heteroatoms. The molecule has 0 spiro atoms. The zero-order chi connectivity index (χ0) is 16.2. The summed E-state index contributed by atoms with van der Waals surface area (Å²) in [5.74, 6) is 0.239. The molecule has 0 atom stereocenters. The van der Waals surface area contributed by atoms with Gasteiger partial charge in [-0.1, -0.05) is 39.8 Å². The summed E-state index contributed by atoms with van der Waals surface area (Å²) in [7, 11) is 0. The number of thioether (sulfide) groups is 1. The fourth-order valence-electron chi connectivity index (χ4n) is 1.72. The van der Waals surface area contributed by atoms with Gasteiger partial charge in [-0.3, -0.25) is 4.79 Å². The van der Waals surface area contributed by atoms with Gasteiger partial charge in [0.15, 0.2) is 5.13 Å². The standard InChI is InChI=1S/C13H11BrN6OS2/c14-8-3-1-2-7(4-8)9-5-22-12(16-9)17-10(21)6-23-13-18-11(15)19-20-13/h1-5H,6H2,(H,16,17,21)(H3,15,18,19,20). The van der Waals surface area contributed by atoms with Crippen LogP contribution in [0.5, 0.6) is 0 Å². The molecule has 0 saturated carbocycles. The third-order valence-corrected chi connectivity index (χ3v) is 4.78. The molecule has 0 aliphatic rings. The molecular weight excluding hydrogens is 400 g/mol. The Morgan fingerprint density at radius 2 is 2.30 bits per heavy atom. The summed E-state index contributed by atoms with van der Waals surface area (Å²) in [6, 6.07) is 7.83. The second-order valence-corrected chi connectivity index (χ2v) is 7.10. The lowest BCUT2D eigenvalue weighted by atomic mass is 10.2. The van der Waals surface area contributed by atoms with Crippen molar-refractivity contribution >= 4 is 56.0 Å². The molecule has 4 N–H and O–H groups in total. The number of thiazole rings is 1. The Balaban J connectivity index is 1.59. The highest BCUT2D eigenvalue weighted by molar-refractivity contribution is 9.10. The number of hydrogen-bond acceptors (Lipinski definition) is 7. The highest BCUT2D eigenvalue weighted by atomic mass is 79.9. The fraction of sp³-hybridized carbons (Fsp3) is 0.0769. The van der Waals surface area contributed by atoms with E-state index < -0.39 is 0 Å².